The van der Waals surface area contributed by atoms with Gasteiger partial charge in [-0.05, 0) is 91.0 Å². The van der Waals surface area contributed by atoms with E-state index in [0.717, 1.165) is 30.3 Å². The monoisotopic (exact) mass is 780 g/mol. The number of hydrogen-bond donors (Lipinski definition) is 5. The third-order valence-corrected chi connectivity index (χ3v) is 8.33. The van der Waals surface area contributed by atoms with Crippen LogP contribution in [0.1, 0.15) is 51.8 Å². The van der Waals surface area contributed by atoms with E-state index >= 15 is 0 Å². The zero-order chi connectivity index (χ0) is 40.6. The Hall–Kier alpha value is -7.59. The highest BCUT2D eigenvalue weighted by Crippen LogP contribution is 2.33. The molecule has 5 N–H and O–H groups in total. The van der Waals surface area contributed by atoms with Crippen LogP contribution in [0.15, 0.2) is 121 Å². The second-order valence-electron chi connectivity index (χ2n) is 12.4. The number of aromatic hydroxyl groups is 5. The molecule has 5 atom stereocenters. The largest absolute Gasteiger partial charge is 0.508 e. The van der Waals surface area contributed by atoms with Gasteiger partial charge in [-0.2, -0.15) is 0 Å². The van der Waals surface area contributed by atoms with Gasteiger partial charge in [-0.3, -0.25) is 0 Å². The van der Waals surface area contributed by atoms with Crippen molar-refractivity contribution in [1.82, 2.24) is 0 Å². The standard InChI is InChI=1S/C41H32O16/c42-27-11-1-6-22(16-27)36(47)52-21-32-33(54-37(48)23-7-2-12-28(43)17-23)34(55-38(49)24-8-3-13-29(44)18-24)35(56-39(50)25-9-4-14-30(45)19-25)41(53-32)57-40(51)26-10-5-15-31(46)20-26/h1-20,32-35,41-46H,21H2/t32?,33-,34+,35-,41?/m1/s1. The second-order valence-corrected chi connectivity index (χ2v) is 12.4. The van der Waals surface area contributed by atoms with E-state index in [-0.39, 0.29) is 56.6 Å². The van der Waals surface area contributed by atoms with Gasteiger partial charge in [0.05, 0.1) is 27.8 Å². The summed E-state index contributed by atoms with van der Waals surface area (Å²) in [5.41, 5.74) is -0.946. The van der Waals surface area contributed by atoms with E-state index in [1.54, 1.807) is 0 Å². The minimum absolute atomic E-state index is 0.101. The lowest BCUT2D eigenvalue weighted by Crippen LogP contribution is -2.63. The van der Waals surface area contributed by atoms with E-state index in [4.69, 9.17) is 28.4 Å². The normalized spacial score (nSPS) is 18.7. The summed E-state index contributed by atoms with van der Waals surface area (Å²) in [5.74, 6) is -7.13. The highest BCUT2D eigenvalue weighted by atomic mass is 16.7. The van der Waals surface area contributed by atoms with Crippen molar-refractivity contribution in [3.8, 4) is 28.7 Å². The van der Waals surface area contributed by atoms with Crippen LogP contribution >= 0.6 is 0 Å². The van der Waals surface area contributed by atoms with Gasteiger partial charge >= 0.3 is 29.8 Å². The zero-order valence-electron chi connectivity index (χ0n) is 29.4. The van der Waals surface area contributed by atoms with Crippen LogP contribution in [0.25, 0.3) is 0 Å². The van der Waals surface area contributed by atoms with Crippen molar-refractivity contribution in [2.24, 2.45) is 0 Å². The van der Waals surface area contributed by atoms with Gasteiger partial charge in [-0.1, -0.05) is 30.3 Å². The number of carbonyl (C=O) groups excluding carboxylic acids is 5. The van der Waals surface area contributed by atoms with Crippen LogP contribution in [0.2, 0.25) is 0 Å². The minimum Gasteiger partial charge on any atom is -0.508 e. The van der Waals surface area contributed by atoms with E-state index in [2.05, 4.69) is 0 Å². The number of esters is 5. The molecule has 1 aliphatic rings. The number of phenols is 5. The highest BCUT2D eigenvalue weighted by Gasteiger charge is 2.55. The maximum absolute atomic E-state index is 13.8. The van der Waals surface area contributed by atoms with Crippen LogP contribution in [0.5, 0.6) is 28.7 Å². The Morgan fingerprint density at radius 1 is 0.421 bits per heavy atom. The summed E-state index contributed by atoms with van der Waals surface area (Å²) >= 11 is 0. The summed E-state index contributed by atoms with van der Waals surface area (Å²) in [5, 5.41) is 50.2. The van der Waals surface area contributed by atoms with Crippen molar-refractivity contribution in [2.45, 2.75) is 30.7 Å². The molecule has 1 aliphatic heterocycles. The smallest absolute Gasteiger partial charge is 0.340 e. The third kappa shape index (κ3) is 9.75. The Morgan fingerprint density at radius 2 is 0.737 bits per heavy atom. The lowest BCUT2D eigenvalue weighted by atomic mass is 9.97. The SMILES string of the molecule is O=C(OCC1OC(OC(=O)c2cccc(O)c2)[C@H](OC(=O)c2cccc(O)c2)[C@@H](OC(=O)c2cccc(O)c2)[C@@H]1OC(=O)c1cccc(O)c1)c1cccc(O)c1. The summed E-state index contributed by atoms with van der Waals surface area (Å²) in [4.78, 5) is 67.8. The molecule has 16 nitrogen and oxygen atoms in total. The van der Waals surface area contributed by atoms with Gasteiger partial charge < -0.3 is 54.0 Å². The molecule has 5 aromatic rings. The molecular formula is C41H32O16. The van der Waals surface area contributed by atoms with Crippen LogP contribution in [0, 0.1) is 0 Å². The summed E-state index contributed by atoms with van der Waals surface area (Å²) in [7, 11) is 0. The first kappa shape index (κ1) is 39.1. The van der Waals surface area contributed by atoms with Gasteiger partial charge in [-0.25, -0.2) is 24.0 Å². The van der Waals surface area contributed by atoms with Crippen molar-refractivity contribution in [3.05, 3.63) is 149 Å². The molecule has 0 aliphatic carbocycles. The van der Waals surface area contributed by atoms with Gasteiger partial charge in [0.2, 0.25) is 12.4 Å². The molecule has 57 heavy (non-hydrogen) atoms. The highest BCUT2D eigenvalue weighted by molar-refractivity contribution is 5.93. The van der Waals surface area contributed by atoms with Crippen molar-refractivity contribution in [3.63, 3.8) is 0 Å². The van der Waals surface area contributed by atoms with E-state index in [1.165, 1.54) is 91.0 Å². The van der Waals surface area contributed by atoms with Crippen LogP contribution in [0.3, 0.4) is 0 Å². The number of phenolic OH excluding ortho intramolecular Hbond substituents is 5. The molecule has 5 aromatic carbocycles. The number of carbonyl (C=O) groups is 5. The van der Waals surface area contributed by atoms with Gasteiger partial charge in [0, 0.05) is 0 Å². The first-order valence-electron chi connectivity index (χ1n) is 17.0. The Balaban J connectivity index is 1.45. The Bertz CT molecular complexity index is 2300. The van der Waals surface area contributed by atoms with Crippen LogP contribution < -0.4 is 0 Å². The lowest BCUT2D eigenvalue weighted by molar-refractivity contribution is -0.282. The number of ether oxygens (including phenoxy) is 6. The summed E-state index contributed by atoms with van der Waals surface area (Å²) in [6.45, 7) is -0.806. The first-order chi connectivity index (χ1) is 27.3. The molecule has 292 valence electrons. The Morgan fingerprint density at radius 3 is 1.11 bits per heavy atom. The first-order valence-corrected chi connectivity index (χ1v) is 17.0. The predicted octanol–water partition coefficient (Wildman–Crippen LogP) is 4.63. The molecule has 1 saturated heterocycles. The van der Waals surface area contributed by atoms with Crippen molar-refractivity contribution in [1.29, 1.82) is 0 Å². The van der Waals surface area contributed by atoms with Crippen LogP contribution in [0.4, 0.5) is 0 Å². The number of hydrogen-bond acceptors (Lipinski definition) is 16. The average Bonchev–Trinajstić information content (AvgIpc) is 3.19. The maximum Gasteiger partial charge on any atom is 0.340 e. The summed E-state index contributed by atoms with van der Waals surface area (Å²) in [6.07, 6.45) is -9.56. The minimum atomic E-state index is -2.04. The molecule has 0 aromatic heterocycles. The fourth-order valence-electron chi connectivity index (χ4n) is 5.66. The Labute approximate surface area is 322 Å². The van der Waals surface area contributed by atoms with Gasteiger partial charge in [0.15, 0.2) is 12.2 Å². The molecule has 6 rings (SSSR count). The van der Waals surface area contributed by atoms with Crippen molar-refractivity contribution < 1.29 is 77.9 Å². The second kappa shape index (κ2) is 17.3. The molecule has 1 fully saturated rings. The van der Waals surface area contributed by atoms with E-state index in [1.807, 2.05) is 0 Å². The summed E-state index contributed by atoms with van der Waals surface area (Å²) < 4.78 is 34.7. The lowest BCUT2D eigenvalue weighted by Gasteiger charge is -2.43. The third-order valence-electron chi connectivity index (χ3n) is 8.33. The van der Waals surface area contributed by atoms with Crippen LogP contribution in [-0.4, -0.2) is 92.7 Å². The zero-order valence-corrected chi connectivity index (χ0v) is 29.4. The van der Waals surface area contributed by atoms with Crippen LogP contribution in [-0.2, 0) is 28.4 Å². The molecular weight excluding hydrogens is 748 g/mol. The molecule has 16 heteroatoms. The van der Waals surface area contributed by atoms with E-state index in [9.17, 15) is 49.5 Å². The fraction of sp³-hybridized carbons (Fsp3) is 0.146. The maximum atomic E-state index is 13.8. The molecule has 0 radical (unpaired) electrons. The fourth-order valence-corrected chi connectivity index (χ4v) is 5.66. The number of rotatable bonds is 11. The molecule has 1 heterocycles. The van der Waals surface area contributed by atoms with Crippen molar-refractivity contribution >= 4 is 29.8 Å². The topological polar surface area (TPSA) is 242 Å². The molecule has 0 spiro atoms. The number of benzene rings is 5. The van der Waals surface area contributed by atoms with E-state index in [0.29, 0.717) is 0 Å². The van der Waals surface area contributed by atoms with Gasteiger partial charge in [0.1, 0.15) is 41.5 Å². The van der Waals surface area contributed by atoms with Gasteiger partial charge in [0.25, 0.3) is 0 Å². The van der Waals surface area contributed by atoms with Crippen molar-refractivity contribution in [2.75, 3.05) is 6.61 Å². The summed E-state index contributed by atoms with van der Waals surface area (Å²) in [6, 6.07) is 25.0. The molecule has 2 unspecified atom stereocenters. The average molecular weight is 781 g/mol. The predicted molar refractivity (Wildman–Crippen MR) is 193 cm³/mol. The molecule has 0 amide bonds. The Kier molecular flexibility index (Phi) is 11.8. The molecule has 0 bridgehead atoms. The quantitative estimate of drug-likeness (QED) is 0.0906. The molecule has 0 saturated carbocycles. The van der Waals surface area contributed by atoms with E-state index < -0.39 is 67.2 Å². The van der Waals surface area contributed by atoms with Gasteiger partial charge in [-0.15, -0.1) is 0 Å².